The Bertz CT molecular complexity index is 1160. The molecule has 0 atom stereocenters. The Balaban J connectivity index is 1.27. The van der Waals surface area contributed by atoms with Crippen molar-refractivity contribution in [1.82, 2.24) is 14.7 Å². The third kappa shape index (κ3) is 6.40. The highest BCUT2D eigenvalue weighted by Crippen LogP contribution is 2.40. The van der Waals surface area contributed by atoms with Crippen LogP contribution in [0.3, 0.4) is 0 Å². The molecular weight excluding hydrogens is 502 g/mol. The molecule has 3 aliphatic rings. The van der Waals surface area contributed by atoms with E-state index >= 15 is 0 Å². The Labute approximate surface area is 239 Å². The van der Waals surface area contributed by atoms with Gasteiger partial charge in [0.2, 0.25) is 5.91 Å². The van der Waals surface area contributed by atoms with Crippen molar-refractivity contribution < 1.29 is 18.7 Å². The Morgan fingerprint density at radius 1 is 0.950 bits per heavy atom. The number of hydrogen-bond acceptors (Lipinski definition) is 5. The molecule has 7 heteroatoms. The first kappa shape index (κ1) is 28.7. The second kappa shape index (κ2) is 12.8. The van der Waals surface area contributed by atoms with E-state index in [9.17, 15) is 9.59 Å². The number of amides is 2. The second-order valence-electron chi connectivity index (χ2n) is 12.4. The molecule has 0 radical (unpaired) electrons. The number of nitrogens with zero attached hydrogens (tertiary/aromatic N) is 3. The van der Waals surface area contributed by atoms with E-state index in [1.165, 1.54) is 24.8 Å². The van der Waals surface area contributed by atoms with Crippen molar-refractivity contribution in [2.75, 3.05) is 39.3 Å². The SMILES string of the molecule is Cc1cc(CN2CCCCC2)oc1C(=O)N1CCC2(CCCCc3ccccc3OCCN(C(C)C)C2=O)CC1. The molecule has 1 spiro atoms. The minimum atomic E-state index is -0.433. The molecule has 3 aliphatic heterocycles. The van der Waals surface area contributed by atoms with Crippen LogP contribution >= 0.6 is 0 Å². The zero-order chi connectivity index (χ0) is 28.1. The summed E-state index contributed by atoms with van der Waals surface area (Å²) in [6, 6.07) is 10.4. The van der Waals surface area contributed by atoms with E-state index in [4.69, 9.17) is 9.15 Å². The summed E-state index contributed by atoms with van der Waals surface area (Å²) in [5.74, 6) is 2.47. The number of carbonyl (C=O) groups is 2. The number of furan rings is 1. The molecule has 0 bridgehead atoms. The molecule has 2 saturated heterocycles. The van der Waals surface area contributed by atoms with Gasteiger partial charge in [-0.05, 0) is 96.5 Å². The molecule has 1 aromatic heterocycles. The number of hydrogen-bond donors (Lipinski definition) is 0. The number of ether oxygens (including phenoxy) is 1. The van der Waals surface area contributed by atoms with Crippen LogP contribution in [0.5, 0.6) is 5.75 Å². The number of aryl methyl sites for hydroxylation is 2. The van der Waals surface area contributed by atoms with Gasteiger partial charge in [0.05, 0.1) is 18.5 Å². The van der Waals surface area contributed by atoms with Gasteiger partial charge in [0.25, 0.3) is 5.91 Å². The van der Waals surface area contributed by atoms with Gasteiger partial charge in [0, 0.05) is 24.7 Å². The van der Waals surface area contributed by atoms with E-state index in [-0.39, 0.29) is 17.9 Å². The lowest BCUT2D eigenvalue weighted by Crippen LogP contribution is -2.53. The van der Waals surface area contributed by atoms with Gasteiger partial charge >= 0.3 is 0 Å². The number of fused-ring (bicyclic) bond motifs is 1. The molecule has 7 nitrogen and oxygen atoms in total. The second-order valence-corrected chi connectivity index (χ2v) is 12.4. The largest absolute Gasteiger partial charge is 0.491 e. The Kier molecular flexibility index (Phi) is 9.19. The number of piperidine rings is 2. The fourth-order valence-corrected chi connectivity index (χ4v) is 6.81. The van der Waals surface area contributed by atoms with E-state index in [1.54, 1.807) is 0 Å². The van der Waals surface area contributed by atoms with Crippen molar-refractivity contribution in [2.24, 2.45) is 5.41 Å². The summed E-state index contributed by atoms with van der Waals surface area (Å²) in [6.07, 6.45) is 8.96. The Morgan fingerprint density at radius 2 is 1.70 bits per heavy atom. The summed E-state index contributed by atoms with van der Waals surface area (Å²) in [7, 11) is 0. The molecule has 4 heterocycles. The quantitative estimate of drug-likeness (QED) is 0.480. The molecule has 0 N–H and O–H groups in total. The predicted molar refractivity (Wildman–Crippen MR) is 156 cm³/mol. The minimum Gasteiger partial charge on any atom is -0.491 e. The summed E-state index contributed by atoms with van der Waals surface area (Å²) in [5.41, 5.74) is 1.72. The maximum absolute atomic E-state index is 14.2. The van der Waals surface area contributed by atoms with Crippen LogP contribution in [0, 0.1) is 12.3 Å². The van der Waals surface area contributed by atoms with E-state index < -0.39 is 5.41 Å². The average molecular weight is 550 g/mol. The molecule has 2 fully saturated rings. The first-order valence-corrected chi connectivity index (χ1v) is 15.5. The van der Waals surface area contributed by atoms with Crippen LogP contribution in [0.4, 0.5) is 0 Å². The van der Waals surface area contributed by atoms with Gasteiger partial charge in [0.15, 0.2) is 5.76 Å². The summed E-state index contributed by atoms with van der Waals surface area (Å²) >= 11 is 0. The molecule has 0 aliphatic carbocycles. The highest BCUT2D eigenvalue weighted by molar-refractivity contribution is 5.93. The number of rotatable bonds is 4. The molecule has 5 rings (SSSR count). The molecule has 218 valence electrons. The molecule has 0 unspecified atom stereocenters. The Hall–Kier alpha value is -2.80. The van der Waals surface area contributed by atoms with E-state index in [1.807, 2.05) is 34.9 Å². The van der Waals surface area contributed by atoms with Crippen LogP contribution in [0.25, 0.3) is 0 Å². The number of benzene rings is 1. The molecule has 0 saturated carbocycles. The molecule has 1 aromatic carbocycles. The first-order valence-electron chi connectivity index (χ1n) is 15.5. The lowest BCUT2D eigenvalue weighted by molar-refractivity contribution is -0.148. The molecule has 2 aromatic rings. The van der Waals surface area contributed by atoms with Crippen LogP contribution in [0.1, 0.15) is 92.7 Å². The van der Waals surface area contributed by atoms with Crippen molar-refractivity contribution in [2.45, 2.75) is 91.1 Å². The van der Waals surface area contributed by atoms with Crippen molar-refractivity contribution >= 4 is 11.8 Å². The summed E-state index contributed by atoms with van der Waals surface area (Å²) < 4.78 is 12.3. The fourth-order valence-electron chi connectivity index (χ4n) is 6.81. The number of likely N-dealkylation sites (tertiary alicyclic amines) is 2. The number of para-hydroxylation sites is 1. The van der Waals surface area contributed by atoms with Crippen LogP contribution in [0.15, 0.2) is 34.7 Å². The molecule has 2 amide bonds. The van der Waals surface area contributed by atoms with E-state index in [0.29, 0.717) is 44.8 Å². The molecule has 40 heavy (non-hydrogen) atoms. The maximum Gasteiger partial charge on any atom is 0.289 e. The van der Waals surface area contributed by atoms with E-state index in [0.717, 1.165) is 62.4 Å². The van der Waals surface area contributed by atoms with Gasteiger partial charge in [-0.15, -0.1) is 0 Å². The zero-order valence-corrected chi connectivity index (χ0v) is 24.8. The van der Waals surface area contributed by atoms with Crippen molar-refractivity contribution in [3.63, 3.8) is 0 Å². The summed E-state index contributed by atoms with van der Waals surface area (Å²) in [5, 5.41) is 0. The third-order valence-corrected chi connectivity index (χ3v) is 9.25. The van der Waals surface area contributed by atoms with Gasteiger partial charge in [-0.25, -0.2) is 0 Å². The fraction of sp³-hybridized carbons (Fsp3) is 0.636. The monoisotopic (exact) mass is 549 g/mol. The molecular formula is C33H47N3O4. The summed E-state index contributed by atoms with van der Waals surface area (Å²) in [6.45, 7) is 11.3. The first-order chi connectivity index (χ1) is 19.4. The normalized spacial score (nSPS) is 21.1. The highest BCUT2D eigenvalue weighted by atomic mass is 16.5. The lowest BCUT2D eigenvalue weighted by Gasteiger charge is -2.44. The van der Waals surface area contributed by atoms with Crippen LogP contribution in [-0.4, -0.2) is 71.9 Å². The van der Waals surface area contributed by atoms with Crippen molar-refractivity contribution in [3.8, 4) is 5.75 Å². The van der Waals surface area contributed by atoms with Crippen LogP contribution < -0.4 is 4.74 Å². The van der Waals surface area contributed by atoms with Gasteiger partial charge < -0.3 is 19.0 Å². The summed E-state index contributed by atoms with van der Waals surface area (Å²) in [4.78, 5) is 34.1. The van der Waals surface area contributed by atoms with Gasteiger partial charge in [-0.2, -0.15) is 0 Å². The maximum atomic E-state index is 14.2. The zero-order valence-electron chi connectivity index (χ0n) is 24.8. The van der Waals surface area contributed by atoms with Gasteiger partial charge in [-0.1, -0.05) is 31.0 Å². The average Bonchev–Trinajstić information content (AvgIpc) is 3.33. The smallest absolute Gasteiger partial charge is 0.289 e. The van der Waals surface area contributed by atoms with Gasteiger partial charge in [-0.3, -0.25) is 14.5 Å². The highest BCUT2D eigenvalue weighted by Gasteiger charge is 2.45. The van der Waals surface area contributed by atoms with Crippen LogP contribution in [0.2, 0.25) is 0 Å². The van der Waals surface area contributed by atoms with Crippen molar-refractivity contribution in [3.05, 3.63) is 53.0 Å². The van der Waals surface area contributed by atoms with Crippen LogP contribution in [-0.2, 0) is 17.8 Å². The van der Waals surface area contributed by atoms with E-state index in [2.05, 4.69) is 30.9 Å². The standard InChI is InChI=1S/C33H47N3O4/c1-25(2)36-21-22-39-29-13-6-5-11-27(29)12-7-8-14-33(32(36)38)15-19-35(20-16-33)31(37)30-26(3)23-28(40-30)24-34-17-9-4-10-18-34/h5-6,11,13,23,25H,4,7-10,12,14-22,24H2,1-3H3. The van der Waals surface area contributed by atoms with Crippen molar-refractivity contribution in [1.29, 1.82) is 0 Å². The predicted octanol–water partition coefficient (Wildman–Crippen LogP) is 5.84. The minimum absolute atomic E-state index is 0.0384. The third-order valence-electron chi connectivity index (χ3n) is 9.25. The number of carbonyl (C=O) groups excluding carboxylic acids is 2. The lowest BCUT2D eigenvalue weighted by atomic mass is 9.72. The topological polar surface area (TPSA) is 66.2 Å². The Morgan fingerprint density at radius 3 is 2.45 bits per heavy atom. The van der Waals surface area contributed by atoms with Gasteiger partial charge in [0.1, 0.15) is 18.1 Å².